The maximum absolute atomic E-state index is 12.1. The Kier molecular flexibility index (Phi) is 6.85. The molecule has 2 rings (SSSR count). The van der Waals surface area contributed by atoms with Gasteiger partial charge in [-0.05, 0) is 36.2 Å². The second kappa shape index (κ2) is 8.88. The van der Waals surface area contributed by atoms with Gasteiger partial charge in [-0.3, -0.25) is 9.59 Å². The van der Waals surface area contributed by atoms with Crippen molar-refractivity contribution in [3.8, 4) is 0 Å². The number of aryl methyl sites for hydroxylation is 1. The molecule has 0 aliphatic heterocycles. The lowest BCUT2D eigenvalue weighted by atomic mass is 10.1. The molecule has 6 heteroatoms. The Morgan fingerprint density at radius 1 is 1.08 bits per heavy atom. The summed E-state index contributed by atoms with van der Waals surface area (Å²) in [5, 5.41) is 3.57. The molecule has 0 atom stereocenters. The van der Waals surface area contributed by atoms with Gasteiger partial charge in [0.25, 0.3) is 0 Å². The summed E-state index contributed by atoms with van der Waals surface area (Å²) >= 11 is 11.8. The molecular weight excluding hydrogens is 359 g/mol. The molecule has 0 bridgehead atoms. The van der Waals surface area contributed by atoms with E-state index < -0.39 is 0 Å². The summed E-state index contributed by atoms with van der Waals surface area (Å²) in [7, 11) is 0. The van der Waals surface area contributed by atoms with Crippen LogP contribution in [0.15, 0.2) is 42.5 Å². The Labute approximate surface area is 157 Å². The number of halogens is 2. The molecule has 2 amide bonds. The Bertz CT molecular complexity index is 778. The quantitative estimate of drug-likeness (QED) is 0.792. The van der Waals surface area contributed by atoms with Crippen LogP contribution < -0.4 is 5.32 Å². The number of benzene rings is 2. The predicted octanol–water partition coefficient (Wildman–Crippen LogP) is 4.68. The van der Waals surface area contributed by atoms with Gasteiger partial charge in [-0.15, -0.1) is 0 Å². The summed E-state index contributed by atoms with van der Waals surface area (Å²) in [6.45, 7) is 4.35. The molecule has 2 aromatic rings. The van der Waals surface area contributed by atoms with Gasteiger partial charge in [-0.25, -0.2) is 0 Å². The summed E-state index contributed by atoms with van der Waals surface area (Å²) in [6.07, 6.45) is 0.200. The number of carbonyl (C=O) groups excluding carboxylic acids is 2. The van der Waals surface area contributed by atoms with Crippen LogP contribution in [0.5, 0.6) is 0 Å². The highest BCUT2D eigenvalue weighted by Crippen LogP contribution is 2.25. The highest BCUT2D eigenvalue weighted by atomic mass is 35.5. The number of amides is 2. The fourth-order valence-corrected chi connectivity index (χ4v) is 2.67. The largest absolute Gasteiger partial charge is 0.338 e. The summed E-state index contributed by atoms with van der Waals surface area (Å²) in [5.74, 6) is -0.250. The number of nitrogens with one attached hydrogen (secondary N) is 1. The van der Waals surface area contributed by atoms with Crippen molar-refractivity contribution in [3.63, 3.8) is 0 Å². The highest BCUT2D eigenvalue weighted by molar-refractivity contribution is 6.42. The molecule has 0 fully saturated rings. The van der Waals surface area contributed by atoms with Crippen molar-refractivity contribution in [2.75, 3.05) is 11.9 Å². The van der Waals surface area contributed by atoms with Gasteiger partial charge in [-0.2, -0.15) is 0 Å². The van der Waals surface area contributed by atoms with E-state index in [9.17, 15) is 9.59 Å². The molecule has 2 aromatic carbocycles. The van der Waals surface area contributed by atoms with Gasteiger partial charge in [0.05, 0.1) is 10.0 Å². The van der Waals surface area contributed by atoms with Crippen LogP contribution in [0.1, 0.15) is 24.5 Å². The summed E-state index contributed by atoms with van der Waals surface area (Å²) in [4.78, 5) is 25.7. The average Bonchev–Trinajstić information content (AvgIpc) is 2.56. The van der Waals surface area contributed by atoms with E-state index in [1.165, 1.54) is 6.92 Å². The molecule has 4 nitrogen and oxygen atoms in total. The van der Waals surface area contributed by atoms with Crippen LogP contribution in [0.25, 0.3) is 0 Å². The minimum atomic E-state index is -0.186. The lowest BCUT2D eigenvalue weighted by Crippen LogP contribution is -2.31. The van der Waals surface area contributed by atoms with E-state index in [1.807, 2.05) is 31.2 Å². The molecule has 25 heavy (non-hydrogen) atoms. The molecular formula is C19H20Cl2N2O2. The van der Waals surface area contributed by atoms with Crippen LogP contribution in [-0.4, -0.2) is 23.3 Å². The minimum absolute atomic E-state index is 0.0643. The molecule has 0 aromatic heterocycles. The zero-order valence-corrected chi connectivity index (χ0v) is 15.7. The van der Waals surface area contributed by atoms with Gasteiger partial charge < -0.3 is 10.2 Å². The number of rotatable bonds is 6. The van der Waals surface area contributed by atoms with Crippen LogP contribution in [-0.2, 0) is 16.1 Å². The fraction of sp³-hybridized carbons (Fsp3) is 0.263. The predicted molar refractivity (Wildman–Crippen MR) is 102 cm³/mol. The first-order chi connectivity index (χ1) is 11.9. The number of carbonyl (C=O) groups is 2. The van der Waals surface area contributed by atoms with Crippen LogP contribution in [0.2, 0.25) is 10.0 Å². The molecule has 0 spiro atoms. The summed E-state index contributed by atoms with van der Waals surface area (Å²) in [5.41, 5.74) is 2.77. The van der Waals surface area contributed by atoms with Gasteiger partial charge in [0.15, 0.2) is 0 Å². The van der Waals surface area contributed by atoms with E-state index in [1.54, 1.807) is 23.1 Å². The van der Waals surface area contributed by atoms with Crippen LogP contribution >= 0.6 is 23.2 Å². The third-order valence-electron chi connectivity index (χ3n) is 3.88. The first-order valence-corrected chi connectivity index (χ1v) is 8.67. The topological polar surface area (TPSA) is 49.4 Å². The number of anilines is 1. The molecule has 0 saturated heterocycles. The van der Waals surface area contributed by atoms with Crippen molar-refractivity contribution < 1.29 is 9.59 Å². The van der Waals surface area contributed by atoms with Gasteiger partial charge in [-0.1, -0.05) is 47.5 Å². The van der Waals surface area contributed by atoms with E-state index in [2.05, 4.69) is 5.32 Å². The standard InChI is InChI=1S/C19H20Cl2N2O2/c1-13-5-3-4-6-15(13)12-23(14(2)24)10-9-19(25)22-16-7-8-17(20)18(21)11-16/h3-8,11H,9-10,12H2,1-2H3,(H,22,25). The van der Waals surface area contributed by atoms with Gasteiger partial charge >= 0.3 is 0 Å². The normalized spacial score (nSPS) is 10.4. The van der Waals surface area contributed by atoms with Crippen molar-refractivity contribution >= 4 is 40.7 Å². The number of hydrogen-bond acceptors (Lipinski definition) is 2. The molecule has 132 valence electrons. The van der Waals surface area contributed by atoms with Crippen molar-refractivity contribution in [1.29, 1.82) is 0 Å². The van der Waals surface area contributed by atoms with Crippen LogP contribution in [0, 0.1) is 6.92 Å². The van der Waals surface area contributed by atoms with Gasteiger partial charge in [0.2, 0.25) is 11.8 Å². The third kappa shape index (κ3) is 5.76. The molecule has 0 saturated carbocycles. The molecule has 0 aliphatic rings. The molecule has 0 heterocycles. The fourth-order valence-electron chi connectivity index (χ4n) is 2.37. The van der Waals surface area contributed by atoms with E-state index in [0.717, 1.165) is 11.1 Å². The Morgan fingerprint density at radius 3 is 2.44 bits per heavy atom. The van der Waals surface area contributed by atoms with Crippen molar-refractivity contribution in [2.24, 2.45) is 0 Å². The lowest BCUT2D eigenvalue weighted by molar-refractivity contribution is -0.129. The second-order valence-electron chi connectivity index (χ2n) is 5.79. The maximum Gasteiger partial charge on any atom is 0.226 e. The third-order valence-corrected chi connectivity index (χ3v) is 4.62. The zero-order chi connectivity index (χ0) is 18.4. The monoisotopic (exact) mass is 378 g/mol. The van der Waals surface area contributed by atoms with Crippen molar-refractivity contribution in [3.05, 3.63) is 63.6 Å². The van der Waals surface area contributed by atoms with Gasteiger partial charge in [0.1, 0.15) is 0 Å². The van der Waals surface area contributed by atoms with E-state index in [4.69, 9.17) is 23.2 Å². The SMILES string of the molecule is CC(=O)N(CCC(=O)Nc1ccc(Cl)c(Cl)c1)Cc1ccccc1C. The van der Waals surface area contributed by atoms with E-state index in [0.29, 0.717) is 28.8 Å². The average molecular weight is 379 g/mol. The number of nitrogens with zero attached hydrogens (tertiary/aromatic N) is 1. The Morgan fingerprint density at radius 2 is 1.80 bits per heavy atom. The number of hydrogen-bond donors (Lipinski definition) is 1. The van der Waals surface area contributed by atoms with E-state index in [-0.39, 0.29) is 18.2 Å². The summed E-state index contributed by atoms with van der Waals surface area (Å²) in [6, 6.07) is 12.8. The minimum Gasteiger partial charge on any atom is -0.338 e. The molecule has 0 radical (unpaired) electrons. The first kappa shape index (κ1) is 19.3. The molecule has 0 unspecified atom stereocenters. The maximum atomic E-state index is 12.1. The van der Waals surface area contributed by atoms with E-state index >= 15 is 0 Å². The highest BCUT2D eigenvalue weighted by Gasteiger charge is 2.13. The smallest absolute Gasteiger partial charge is 0.226 e. The molecule has 0 aliphatic carbocycles. The summed E-state index contributed by atoms with van der Waals surface area (Å²) < 4.78 is 0. The van der Waals surface area contributed by atoms with Crippen molar-refractivity contribution in [2.45, 2.75) is 26.8 Å². The van der Waals surface area contributed by atoms with Crippen LogP contribution in [0.4, 0.5) is 5.69 Å². The second-order valence-corrected chi connectivity index (χ2v) is 6.61. The first-order valence-electron chi connectivity index (χ1n) is 7.91. The van der Waals surface area contributed by atoms with Crippen LogP contribution in [0.3, 0.4) is 0 Å². The van der Waals surface area contributed by atoms with Gasteiger partial charge in [0, 0.05) is 32.1 Å². The van der Waals surface area contributed by atoms with Crippen molar-refractivity contribution in [1.82, 2.24) is 4.90 Å². The Hall–Kier alpha value is -2.04. The Balaban J connectivity index is 1.94. The molecule has 1 N–H and O–H groups in total. The lowest BCUT2D eigenvalue weighted by Gasteiger charge is -2.22. The zero-order valence-electron chi connectivity index (χ0n) is 14.2.